The molecule has 2 aromatic heterocycles. The van der Waals surface area contributed by atoms with E-state index >= 15 is 0 Å². The van der Waals surface area contributed by atoms with Gasteiger partial charge in [-0.3, -0.25) is 9.69 Å². The third kappa shape index (κ3) is 4.86. The Balaban J connectivity index is 1.46. The van der Waals surface area contributed by atoms with E-state index in [1.54, 1.807) is 22.7 Å². The number of aryl methyl sites for hydroxylation is 2. The fourth-order valence-electron chi connectivity index (χ4n) is 2.93. The first-order chi connectivity index (χ1) is 11.2. The lowest BCUT2D eigenvalue weighted by atomic mass is 10.2. The Morgan fingerprint density at radius 3 is 2.91 bits per heavy atom. The second kappa shape index (κ2) is 8.04. The van der Waals surface area contributed by atoms with Crippen LogP contribution in [0, 0.1) is 6.92 Å². The largest absolute Gasteiger partial charge is 0.341 e. The van der Waals surface area contributed by atoms with Gasteiger partial charge in [0, 0.05) is 49.4 Å². The van der Waals surface area contributed by atoms with E-state index in [0.717, 1.165) is 56.3 Å². The summed E-state index contributed by atoms with van der Waals surface area (Å²) in [6.07, 6.45) is 2.55. The molecule has 0 radical (unpaired) electrons. The maximum atomic E-state index is 12.4. The Bertz CT molecular complexity index is 624. The van der Waals surface area contributed by atoms with E-state index in [9.17, 15) is 4.79 Å². The van der Waals surface area contributed by atoms with E-state index in [4.69, 9.17) is 0 Å². The maximum Gasteiger partial charge on any atom is 0.222 e. The molecule has 1 aliphatic heterocycles. The number of nitrogens with zero attached hydrogens (tertiary/aromatic N) is 3. The summed E-state index contributed by atoms with van der Waals surface area (Å²) in [5.74, 6) is 0.296. The van der Waals surface area contributed by atoms with Crippen LogP contribution in [0.1, 0.15) is 28.4 Å². The van der Waals surface area contributed by atoms with Crippen LogP contribution >= 0.6 is 22.7 Å². The quantitative estimate of drug-likeness (QED) is 0.832. The third-order valence-corrected chi connectivity index (χ3v) is 5.92. The summed E-state index contributed by atoms with van der Waals surface area (Å²) in [4.78, 5) is 22.7. The van der Waals surface area contributed by atoms with Crippen molar-refractivity contribution in [2.45, 2.75) is 32.7 Å². The zero-order valence-electron chi connectivity index (χ0n) is 13.5. The van der Waals surface area contributed by atoms with E-state index in [0.29, 0.717) is 12.3 Å². The summed E-state index contributed by atoms with van der Waals surface area (Å²) >= 11 is 3.44. The summed E-state index contributed by atoms with van der Waals surface area (Å²) in [7, 11) is 0. The van der Waals surface area contributed by atoms with E-state index in [2.05, 4.69) is 32.8 Å². The third-order valence-electron chi connectivity index (χ3n) is 4.16. The highest BCUT2D eigenvalue weighted by molar-refractivity contribution is 7.10. The lowest BCUT2D eigenvalue weighted by Crippen LogP contribution is -2.35. The molecular weight excluding hydrogens is 326 g/mol. The lowest BCUT2D eigenvalue weighted by molar-refractivity contribution is -0.131. The molecule has 3 heterocycles. The number of hydrogen-bond donors (Lipinski definition) is 0. The Morgan fingerprint density at radius 1 is 1.26 bits per heavy atom. The molecule has 0 aromatic carbocycles. The van der Waals surface area contributed by atoms with Crippen LogP contribution in [-0.2, 0) is 17.8 Å². The molecule has 3 rings (SSSR count). The highest BCUT2D eigenvalue weighted by atomic mass is 32.1. The SMILES string of the molecule is Cc1nc(CN2CCCN(C(=O)CCc3cccs3)CC2)cs1. The molecule has 0 saturated carbocycles. The van der Waals surface area contributed by atoms with Gasteiger partial charge in [-0.15, -0.1) is 22.7 Å². The van der Waals surface area contributed by atoms with Crippen molar-refractivity contribution in [1.29, 1.82) is 0 Å². The number of aromatic nitrogens is 1. The van der Waals surface area contributed by atoms with Gasteiger partial charge in [-0.05, 0) is 31.2 Å². The van der Waals surface area contributed by atoms with Crippen LogP contribution in [0.3, 0.4) is 0 Å². The molecule has 1 aliphatic rings. The van der Waals surface area contributed by atoms with Gasteiger partial charge in [0.05, 0.1) is 10.7 Å². The highest BCUT2D eigenvalue weighted by Crippen LogP contribution is 2.15. The smallest absolute Gasteiger partial charge is 0.222 e. The lowest BCUT2D eigenvalue weighted by Gasteiger charge is -2.21. The number of thiazole rings is 1. The first-order valence-electron chi connectivity index (χ1n) is 8.14. The van der Waals surface area contributed by atoms with Crippen molar-refractivity contribution in [1.82, 2.24) is 14.8 Å². The molecule has 0 bridgehead atoms. The van der Waals surface area contributed by atoms with Crippen LogP contribution < -0.4 is 0 Å². The van der Waals surface area contributed by atoms with Crippen LogP contribution in [0.4, 0.5) is 0 Å². The molecule has 0 atom stereocenters. The monoisotopic (exact) mass is 349 g/mol. The molecule has 0 spiro atoms. The van der Waals surface area contributed by atoms with Crippen LogP contribution in [0.2, 0.25) is 0 Å². The van der Waals surface area contributed by atoms with Crippen molar-refractivity contribution >= 4 is 28.6 Å². The van der Waals surface area contributed by atoms with Gasteiger partial charge >= 0.3 is 0 Å². The number of rotatable bonds is 5. The average molecular weight is 350 g/mol. The minimum Gasteiger partial charge on any atom is -0.341 e. The van der Waals surface area contributed by atoms with Crippen molar-refractivity contribution < 1.29 is 4.79 Å². The Kier molecular flexibility index (Phi) is 5.80. The van der Waals surface area contributed by atoms with Crippen molar-refractivity contribution in [2.75, 3.05) is 26.2 Å². The van der Waals surface area contributed by atoms with Gasteiger partial charge in [0.25, 0.3) is 0 Å². The summed E-state index contributed by atoms with van der Waals surface area (Å²) < 4.78 is 0. The van der Waals surface area contributed by atoms with Crippen LogP contribution in [0.5, 0.6) is 0 Å². The minimum absolute atomic E-state index is 0.296. The average Bonchev–Trinajstić information content (AvgIpc) is 3.13. The Labute approximate surface area is 145 Å². The Hall–Kier alpha value is -1.24. The molecule has 124 valence electrons. The van der Waals surface area contributed by atoms with Crippen LogP contribution in [-0.4, -0.2) is 46.9 Å². The summed E-state index contributed by atoms with van der Waals surface area (Å²) in [6.45, 7) is 6.67. The van der Waals surface area contributed by atoms with Crippen molar-refractivity contribution in [3.05, 3.63) is 38.5 Å². The van der Waals surface area contributed by atoms with E-state index < -0.39 is 0 Å². The predicted molar refractivity (Wildman–Crippen MR) is 96.0 cm³/mol. The number of carbonyl (C=O) groups excluding carboxylic acids is 1. The molecule has 23 heavy (non-hydrogen) atoms. The number of hydrogen-bond acceptors (Lipinski definition) is 5. The van der Waals surface area contributed by atoms with Gasteiger partial charge in [-0.2, -0.15) is 0 Å². The number of carbonyl (C=O) groups is 1. The van der Waals surface area contributed by atoms with Gasteiger partial charge in [0.15, 0.2) is 0 Å². The fourth-order valence-corrected chi connectivity index (χ4v) is 4.24. The zero-order valence-corrected chi connectivity index (χ0v) is 15.2. The van der Waals surface area contributed by atoms with Gasteiger partial charge in [0.2, 0.25) is 5.91 Å². The molecule has 0 N–H and O–H groups in total. The molecule has 6 heteroatoms. The molecule has 1 saturated heterocycles. The number of amides is 1. The predicted octanol–water partition coefficient (Wildman–Crippen LogP) is 3.18. The standard InChI is InChI=1S/C17H23N3OS2/c1-14-18-15(13-23-14)12-19-7-3-8-20(10-9-19)17(21)6-5-16-4-2-11-22-16/h2,4,11,13H,3,5-10,12H2,1H3. The summed E-state index contributed by atoms with van der Waals surface area (Å²) in [5, 5.41) is 5.34. The molecule has 2 aromatic rings. The summed E-state index contributed by atoms with van der Waals surface area (Å²) in [5.41, 5.74) is 1.16. The second-order valence-corrected chi connectivity index (χ2v) is 8.04. The van der Waals surface area contributed by atoms with Gasteiger partial charge in [-0.25, -0.2) is 4.98 Å². The van der Waals surface area contributed by atoms with Gasteiger partial charge in [0.1, 0.15) is 0 Å². The Morgan fingerprint density at radius 2 is 2.17 bits per heavy atom. The van der Waals surface area contributed by atoms with E-state index in [-0.39, 0.29) is 0 Å². The zero-order chi connectivity index (χ0) is 16.1. The van der Waals surface area contributed by atoms with E-state index in [1.165, 1.54) is 4.88 Å². The molecule has 1 amide bonds. The van der Waals surface area contributed by atoms with Gasteiger partial charge < -0.3 is 4.90 Å². The highest BCUT2D eigenvalue weighted by Gasteiger charge is 2.19. The molecule has 0 unspecified atom stereocenters. The van der Waals surface area contributed by atoms with E-state index in [1.807, 2.05) is 11.8 Å². The molecule has 0 aliphatic carbocycles. The van der Waals surface area contributed by atoms with Gasteiger partial charge in [-0.1, -0.05) is 6.07 Å². The summed E-state index contributed by atoms with van der Waals surface area (Å²) in [6, 6.07) is 4.16. The first kappa shape index (κ1) is 16.6. The molecule has 1 fully saturated rings. The van der Waals surface area contributed by atoms with Crippen molar-refractivity contribution in [2.24, 2.45) is 0 Å². The van der Waals surface area contributed by atoms with Crippen molar-refractivity contribution in [3.8, 4) is 0 Å². The topological polar surface area (TPSA) is 36.4 Å². The number of thiophene rings is 1. The minimum atomic E-state index is 0.296. The van der Waals surface area contributed by atoms with Crippen LogP contribution in [0.25, 0.3) is 0 Å². The van der Waals surface area contributed by atoms with Crippen LogP contribution in [0.15, 0.2) is 22.9 Å². The maximum absolute atomic E-state index is 12.4. The molecule has 4 nitrogen and oxygen atoms in total. The molecular formula is C17H23N3OS2. The normalized spacial score (nSPS) is 16.5. The second-order valence-electron chi connectivity index (χ2n) is 5.95. The fraction of sp³-hybridized carbons (Fsp3) is 0.529. The first-order valence-corrected chi connectivity index (χ1v) is 9.90. The van der Waals surface area contributed by atoms with Crippen molar-refractivity contribution in [3.63, 3.8) is 0 Å².